The summed E-state index contributed by atoms with van der Waals surface area (Å²) >= 11 is 0. The standard InChI is InChI=1S/B2H4O5.2Fe.2Li.2H/c3-1(4)7-2(5)6;;;;;;/h3-6H;;;;;;. The first kappa shape index (κ1) is 29.2. The van der Waals surface area contributed by atoms with Gasteiger partial charge in [-0.15, -0.1) is 0 Å². The number of hydrogen-bond acceptors (Lipinski definition) is 5. The summed E-state index contributed by atoms with van der Waals surface area (Å²) in [5.41, 5.74) is 0. The molecule has 0 aliphatic rings. The molecule has 4 N–H and O–H groups in total. The van der Waals surface area contributed by atoms with Crippen LogP contribution in [0.4, 0.5) is 0 Å². The van der Waals surface area contributed by atoms with Gasteiger partial charge in [-0.05, 0) is 0 Å². The topological polar surface area (TPSA) is 90.2 Å². The van der Waals surface area contributed by atoms with E-state index in [-0.39, 0.29) is 71.9 Å². The van der Waals surface area contributed by atoms with E-state index in [1.54, 1.807) is 0 Å². The molecule has 0 aliphatic carbocycles. The molecule has 0 aromatic rings. The fourth-order valence-corrected chi connectivity index (χ4v) is 0.109. The fourth-order valence-electron chi connectivity index (χ4n) is 0.109. The molecule has 0 amide bonds. The molecule has 0 unspecified atom stereocenters. The van der Waals surface area contributed by atoms with E-state index in [0.29, 0.717) is 0 Å². The molecule has 0 rings (SSSR count). The second kappa shape index (κ2) is 18.1. The van der Waals surface area contributed by atoms with E-state index >= 15 is 0 Å². The van der Waals surface area contributed by atoms with Gasteiger partial charge in [-0.3, -0.25) is 0 Å². The van der Waals surface area contributed by atoms with Crippen LogP contribution in [0.15, 0.2) is 0 Å². The van der Waals surface area contributed by atoms with Gasteiger partial charge in [0.15, 0.2) is 0 Å². The van der Waals surface area contributed by atoms with Gasteiger partial charge >= 0.3 is 52.4 Å². The molecule has 0 atom stereocenters. The predicted octanol–water partition coefficient (Wildman–Crippen LogP) is -4.36. The quantitative estimate of drug-likeness (QED) is 0.362. The van der Waals surface area contributed by atoms with Gasteiger partial charge < -0.3 is 24.7 Å². The molecular weight excluding hydrogens is 227 g/mol. The fraction of sp³-hybridized carbons (Fsp3) is 0. The third kappa shape index (κ3) is 33.1. The zero-order valence-corrected chi connectivity index (χ0v) is 6.27. The summed E-state index contributed by atoms with van der Waals surface area (Å²) in [4.78, 5) is 0. The molecule has 0 radical (unpaired) electrons. The Morgan fingerprint density at radius 3 is 0.909 bits per heavy atom. The van der Waals surface area contributed by atoms with E-state index in [9.17, 15) is 0 Å². The number of hydrogen-bond donors (Lipinski definition) is 4. The Hall–Kier alpha value is 2.16. The van der Waals surface area contributed by atoms with Crippen molar-refractivity contribution in [3.05, 3.63) is 0 Å². The zero-order valence-electron chi connectivity index (χ0n) is 4.06. The zero-order chi connectivity index (χ0) is 5.86. The first-order chi connectivity index (χ1) is 3.13. The van der Waals surface area contributed by atoms with E-state index in [1.165, 1.54) is 0 Å². The van der Waals surface area contributed by atoms with Crippen LogP contribution in [0, 0.1) is 0 Å². The van der Waals surface area contributed by atoms with E-state index in [0.717, 1.165) is 0 Å². The first-order valence-corrected chi connectivity index (χ1v) is 1.50. The third-order valence-corrected chi connectivity index (χ3v) is 0.243. The van der Waals surface area contributed by atoms with Crippen LogP contribution in [0.5, 0.6) is 0 Å². The molecule has 0 aromatic heterocycles. The van der Waals surface area contributed by atoms with Crippen molar-refractivity contribution in [2.24, 2.45) is 0 Å². The molecule has 0 fully saturated rings. The Balaban J connectivity index is -0.0000000300. The molecule has 0 aliphatic heterocycles. The van der Waals surface area contributed by atoms with Gasteiger partial charge in [0.1, 0.15) is 0 Å². The van der Waals surface area contributed by atoms with E-state index in [4.69, 9.17) is 20.1 Å². The average molecular weight is 233 g/mol. The molecule has 0 bridgehead atoms. The van der Waals surface area contributed by atoms with Gasteiger partial charge in [0.25, 0.3) is 0 Å². The van der Waals surface area contributed by atoms with Crippen molar-refractivity contribution in [2.45, 2.75) is 0 Å². The SMILES string of the molecule is OB(O)OB(O)O.[Fe].[Fe].[LiH].[LiH]. The average Bonchev–Trinajstić information content (AvgIpc) is 1.27. The van der Waals surface area contributed by atoms with Gasteiger partial charge in [-0.1, -0.05) is 0 Å². The second-order valence-electron chi connectivity index (χ2n) is 0.789. The van der Waals surface area contributed by atoms with Crippen molar-refractivity contribution in [3.8, 4) is 0 Å². The van der Waals surface area contributed by atoms with Crippen molar-refractivity contribution < 1.29 is 58.8 Å². The summed E-state index contributed by atoms with van der Waals surface area (Å²) in [7, 11) is -4.25. The van der Waals surface area contributed by atoms with E-state index < -0.39 is 14.6 Å². The number of rotatable bonds is 2. The van der Waals surface area contributed by atoms with Gasteiger partial charge in [0.2, 0.25) is 0 Å². The summed E-state index contributed by atoms with van der Waals surface area (Å²) in [5, 5.41) is 30.9. The van der Waals surface area contributed by atoms with Gasteiger partial charge in [-0.2, -0.15) is 0 Å². The van der Waals surface area contributed by atoms with Gasteiger partial charge in [-0.25, -0.2) is 0 Å². The summed E-state index contributed by atoms with van der Waals surface area (Å²) < 4.78 is 3.47. The molecule has 11 heavy (non-hydrogen) atoms. The van der Waals surface area contributed by atoms with E-state index in [2.05, 4.69) is 4.57 Å². The third-order valence-electron chi connectivity index (χ3n) is 0.243. The molecular formula is H6B2Fe2Li2O5. The summed E-state index contributed by atoms with van der Waals surface area (Å²) in [6, 6.07) is 0. The van der Waals surface area contributed by atoms with Crippen LogP contribution in [0.2, 0.25) is 0 Å². The first-order valence-electron chi connectivity index (χ1n) is 1.50. The van der Waals surface area contributed by atoms with Crippen LogP contribution in [0.3, 0.4) is 0 Å². The van der Waals surface area contributed by atoms with Crippen LogP contribution in [-0.2, 0) is 38.7 Å². The molecule has 0 saturated carbocycles. The molecule has 60 valence electrons. The Morgan fingerprint density at radius 1 is 0.727 bits per heavy atom. The monoisotopic (exact) mass is 234 g/mol. The van der Waals surface area contributed by atoms with E-state index in [1.807, 2.05) is 0 Å². The molecule has 0 aromatic carbocycles. The molecule has 5 nitrogen and oxygen atoms in total. The Bertz CT molecular complexity index is 49.7. The van der Waals surface area contributed by atoms with Crippen molar-refractivity contribution in [2.75, 3.05) is 0 Å². The van der Waals surface area contributed by atoms with Crippen molar-refractivity contribution in [3.63, 3.8) is 0 Å². The van der Waals surface area contributed by atoms with Gasteiger partial charge in [0.05, 0.1) is 0 Å². The molecule has 0 saturated heterocycles. The molecule has 0 spiro atoms. The maximum atomic E-state index is 7.74. The van der Waals surface area contributed by atoms with Crippen LogP contribution in [-0.4, -0.2) is 72.5 Å². The minimum atomic E-state index is -2.13. The van der Waals surface area contributed by atoms with Crippen LogP contribution in [0.1, 0.15) is 0 Å². The molecule has 11 heteroatoms. The van der Waals surface area contributed by atoms with Crippen LogP contribution in [0.25, 0.3) is 0 Å². The Labute approximate surface area is 110 Å². The summed E-state index contributed by atoms with van der Waals surface area (Å²) in [6.45, 7) is 0. The summed E-state index contributed by atoms with van der Waals surface area (Å²) in [5.74, 6) is 0. The molecule has 0 heterocycles. The Morgan fingerprint density at radius 2 is 0.909 bits per heavy atom. The predicted molar refractivity (Wildman–Crippen MR) is 35.8 cm³/mol. The normalized spacial score (nSPS) is 5.45. The van der Waals surface area contributed by atoms with Crippen LogP contribution >= 0.6 is 0 Å². The van der Waals surface area contributed by atoms with Crippen molar-refractivity contribution in [1.29, 1.82) is 0 Å². The van der Waals surface area contributed by atoms with Crippen molar-refractivity contribution >= 4 is 52.4 Å². The van der Waals surface area contributed by atoms with Crippen LogP contribution < -0.4 is 0 Å². The summed E-state index contributed by atoms with van der Waals surface area (Å²) in [6.07, 6.45) is 0. The Kier molecular flexibility index (Phi) is 48.0. The maximum absolute atomic E-state index is 7.74. The van der Waals surface area contributed by atoms with Crippen molar-refractivity contribution in [1.82, 2.24) is 0 Å². The minimum absolute atomic E-state index is 0. The van der Waals surface area contributed by atoms with Gasteiger partial charge in [0, 0.05) is 34.1 Å². The second-order valence-corrected chi connectivity index (χ2v) is 0.789.